The van der Waals surface area contributed by atoms with E-state index in [2.05, 4.69) is 5.32 Å². The number of nitrogens with one attached hydrogen (secondary N) is 1. The van der Waals surface area contributed by atoms with E-state index in [-0.39, 0.29) is 21.0 Å². The number of thioether (sulfide) groups is 1. The number of para-hydroxylation sites is 1. The first kappa shape index (κ1) is 18.4. The third kappa shape index (κ3) is 4.55. The Balaban J connectivity index is 2.34. The largest absolute Gasteiger partial charge is 0.321 e. The fourth-order valence-corrected chi connectivity index (χ4v) is 3.28. The van der Waals surface area contributed by atoms with Crippen molar-refractivity contribution in [3.63, 3.8) is 0 Å². The van der Waals surface area contributed by atoms with Gasteiger partial charge in [-0.3, -0.25) is 4.79 Å². The number of hydrogen-bond acceptors (Lipinski definition) is 4. The number of sulfone groups is 1. The van der Waals surface area contributed by atoms with Crippen molar-refractivity contribution in [3.8, 4) is 0 Å². The van der Waals surface area contributed by atoms with Crippen molar-refractivity contribution >= 4 is 33.2 Å². The van der Waals surface area contributed by atoms with Gasteiger partial charge in [-0.25, -0.2) is 8.42 Å². The van der Waals surface area contributed by atoms with E-state index in [9.17, 15) is 22.0 Å². The van der Waals surface area contributed by atoms with Gasteiger partial charge in [-0.05, 0) is 36.8 Å². The smallest absolute Gasteiger partial charge is 0.288 e. The van der Waals surface area contributed by atoms with Gasteiger partial charge in [0.2, 0.25) is 0 Å². The second-order valence-corrected chi connectivity index (χ2v) is 8.13. The number of halogens is 2. The molecule has 24 heavy (non-hydrogen) atoms. The standard InChI is InChI=1S/C16H15F2NO3S2/c1-10-7-8-11(24(2,21)22)9-12(10)15(20)19-13-5-3-4-6-14(13)23-16(17)18/h3-9,16H,1-2H3,(H,19,20). The zero-order valence-electron chi connectivity index (χ0n) is 12.9. The Labute approximate surface area is 143 Å². The fourth-order valence-electron chi connectivity index (χ4n) is 2.03. The fraction of sp³-hybridized carbons (Fsp3) is 0.188. The van der Waals surface area contributed by atoms with E-state index in [1.165, 1.54) is 30.3 Å². The second-order valence-electron chi connectivity index (χ2n) is 5.08. The molecular weight excluding hydrogens is 356 g/mol. The molecule has 0 heterocycles. The Morgan fingerprint density at radius 1 is 1.17 bits per heavy atom. The predicted octanol–water partition coefficient (Wildman–Crippen LogP) is 3.97. The molecule has 0 saturated heterocycles. The van der Waals surface area contributed by atoms with Crippen molar-refractivity contribution in [2.45, 2.75) is 22.5 Å². The third-order valence-corrected chi connectivity index (χ3v) is 5.13. The summed E-state index contributed by atoms with van der Waals surface area (Å²) in [4.78, 5) is 12.7. The highest BCUT2D eigenvalue weighted by molar-refractivity contribution is 7.99. The molecule has 0 fully saturated rings. The first-order valence-electron chi connectivity index (χ1n) is 6.84. The van der Waals surface area contributed by atoms with Gasteiger partial charge in [0.1, 0.15) is 0 Å². The van der Waals surface area contributed by atoms with Crippen LogP contribution in [0.4, 0.5) is 14.5 Å². The summed E-state index contributed by atoms with van der Waals surface area (Å²) in [7, 11) is -3.46. The van der Waals surface area contributed by atoms with Crippen molar-refractivity contribution < 1.29 is 22.0 Å². The van der Waals surface area contributed by atoms with Crippen molar-refractivity contribution in [1.82, 2.24) is 0 Å². The molecule has 0 bridgehead atoms. The minimum Gasteiger partial charge on any atom is -0.321 e. The normalized spacial score (nSPS) is 11.5. The Bertz CT molecular complexity index is 867. The summed E-state index contributed by atoms with van der Waals surface area (Å²) in [5.74, 6) is -3.17. The molecule has 1 amide bonds. The summed E-state index contributed by atoms with van der Waals surface area (Å²) in [5, 5.41) is 2.56. The lowest BCUT2D eigenvalue weighted by Gasteiger charge is -2.12. The van der Waals surface area contributed by atoms with Gasteiger partial charge in [-0.15, -0.1) is 0 Å². The molecule has 1 N–H and O–H groups in total. The van der Waals surface area contributed by atoms with E-state index in [0.717, 1.165) is 6.26 Å². The van der Waals surface area contributed by atoms with Crippen molar-refractivity contribution in [1.29, 1.82) is 0 Å². The lowest BCUT2D eigenvalue weighted by molar-refractivity contribution is 0.102. The number of rotatable bonds is 5. The number of alkyl halides is 2. The molecule has 0 aliphatic carbocycles. The lowest BCUT2D eigenvalue weighted by Crippen LogP contribution is -2.15. The average Bonchev–Trinajstić information content (AvgIpc) is 2.48. The first-order chi connectivity index (χ1) is 11.2. The van der Waals surface area contributed by atoms with Gasteiger partial charge >= 0.3 is 0 Å². The van der Waals surface area contributed by atoms with E-state index in [1.807, 2.05) is 0 Å². The van der Waals surface area contributed by atoms with E-state index in [0.29, 0.717) is 17.3 Å². The Kier molecular flexibility index (Phi) is 5.61. The zero-order chi connectivity index (χ0) is 17.9. The number of hydrogen-bond donors (Lipinski definition) is 1. The van der Waals surface area contributed by atoms with Crippen LogP contribution in [0.15, 0.2) is 52.3 Å². The molecule has 2 aromatic rings. The maximum atomic E-state index is 12.6. The van der Waals surface area contributed by atoms with Crippen LogP contribution < -0.4 is 5.32 Å². The van der Waals surface area contributed by atoms with E-state index in [4.69, 9.17) is 0 Å². The molecule has 0 spiro atoms. The minimum absolute atomic E-state index is 0.0218. The topological polar surface area (TPSA) is 63.2 Å². The number of carbonyl (C=O) groups excluding carboxylic acids is 1. The molecule has 8 heteroatoms. The molecule has 4 nitrogen and oxygen atoms in total. The zero-order valence-corrected chi connectivity index (χ0v) is 14.5. The molecule has 0 aliphatic heterocycles. The van der Waals surface area contributed by atoms with Crippen molar-refractivity contribution in [2.24, 2.45) is 0 Å². The number of benzene rings is 2. The van der Waals surface area contributed by atoms with Crippen LogP contribution in [0.5, 0.6) is 0 Å². The maximum Gasteiger partial charge on any atom is 0.288 e. The first-order valence-corrected chi connectivity index (χ1v) is 9.61. The highest BCUT2D eigenvalue weighted by Crippen LogP contribution is 2.32. The molecule has 0 unspecified atom stereocenters. The predicted molar refractivity (Wildman–Crippen MR) is 90.5 cm³/mol. The van der Waals surface area contributed by atoms with Crippen LogP contribution >= 0.6 is 11.8 Å². The van der Waals surface area contributed by atoms with Gasteiger partial charge < -0.3 is 5.32 Å². The van der Waals surface area contributed by atoms with Crippen LogP contribution in [0.3, 0.4) is 0 Å². The molecular formula is C16H15F2NO3S2. The van der Waals surface area contributed by atoms with Gasteiger partial charge in [0.05, 0.1) is 10.6 Å². The van der Waals surface area contributed by atoms with Gasteiger partial charge in [0.25, 0.3) is 11.7 Å². The Morgan fingerprint density at radius 3 is 2.46 bits per heavy atom. The van der Waals surface area contributed by atoms with Crippen LogP contribution in [0.2, 0.25) is 0 Å². The van der Waals surface area contributed by atoms with Crippen molar-refractivity contribution in [2.75, 3.05) is 11.6 Å². The lowest BCUT2D eigenvalue weighted by atomic mass is 10.1. The molecule has 0 aliphatic rings. The highest BCUT2D eigenvalue weighted by Gasteiger charge is 2.17. The molecule has 0 saturated carbocycles. The van der Waals surface area contributed by atoms with Crippen LogP contribution in [-0.4, -0.2) is 26.3 Å². The number of amides is 1. The van der Waals surface area contributed by atoms with Gasteiger partial charge in [-0.1, -0.05) is 30.0 Å². The van der Waals surface area contributed by atoms with Gasteiger partial charge in [-0.2, -0.15) is 8.78 Å². The van der Waals surface area contributed by atoms with E-state index < -0.39 is 21.5 Å². The number of aryl methyl sites for hydroxylation is 1. The summed E-state index contributed by atoms with van der Waals surface area (Å²) >= 11 is 0.330. The van der Waals surface area contributed by atoms with Crippen molar-refractivity contribution in [3.05, 3.63) is 53.6 Å². The molecule has 128 valence electrons. The number of anilines is 1. The van der Waals surface area contributed by atoms with Crippen LogP contribution in [-0.2, 0) is 9.84 Å². The van der Waals surface area contributed by atoms with Gasteiger partial charge in [0, 0.05) is 16.7 Å². The maximum absolute atomic E-state index is 12.6. The second kappa shape index (κ2) is 7.31. The third-order valence-electron chi connectivity index (χ3n) is 3.23. The SMILES string of the molecule is Cc1ccc(S(C)(=O)=O)cc1C(=O)Nc1ccccc1SC(F)F. The summed E-state index contributed by atoms with van der Waals surface area (Å²) in [5.41, 5.74) is 1.01. The molecule has 2 rings (SSSR count). The van der Waals surface area contributed by atoms with Crippen LogP contribution in [0, 0.1) is 6.92 Å². The van der Waals surface area contributed by atoms with Crippen LogP contribution in [0.25, 0.3) is 0 Å². The van der Waals surface area contributed by atoms with Gasteiger partial charge in [0.15, 0.2) is 9.84 Å². The number of carbonyl (C=O) groups is 1. The quantitative estimate of drug-likeness (QED) is 0.808. The summed E-state index contributed by atoms with van der Waals surface area (Å²) in [6.07, 6.45) is 1.05. The molecule has 2 aromatic carbocycles. The summed E-state index contributed by atoms with van der Waals surface area (Å²) in [6.45, 7) is 1.67. The minimum atomic E-state index is -3.46. The Hall–Kier alpha value is -1.93. The molecule has 0 radical (unpaired) electrons. The summed E-state index contributed by atoms with van der Waals surface area (Å²) < 4.78 is 48.5. The summed E-state index contributed by atoms with van der Waals surface area (Å²) in [6, 6.07) is 10.4. The van der Waals surface area contributed by atoms with E-state index >= 15 is 0 Å². The monoisotopic (exact) mass is 371 g/mol. The molecule has 0 aromatic heterocycles. The average molecular weight is 371 g/mol. The molecule has 0 atom stereocenters. The van der Waals surface area contributed by atoms with E-state index in [1.54, 1.807) is 19.1 Å². The Morgan fingerprint density at radius 2 is 1.83 bits per heavy atom. The highest BCUT2D eigenvalue weighted by atomic mass is 32.2. The van der Waals surface area contributed by atoms with Crippen LogP contribution in [0.1, 0.15) is 15.9 Å².